The normalized spacial score (nSPS) is 10.2. The minimum absolute atomic E-state index is 0.452. The highest BCUT2D eigenvalue weighted by molar-refractivity contribution is 9.11. The van der Waals surface area contributed by atoms with Crippen LogP contribution in [0.3, 0.4) is 0 Å². The van der Waals surface area contributed by atoms with Crippen LogP contribution in [0.1, 0.15) is 5.56 Å². The molecule has 0 radical (unpaired) electrons. The van der Waals surface area contributed by atoms with Gasteiger partial charge in [0.15, 0.2) is 0 Å². The van der Waals surface area contributed by atoms with Crippen molar-refractivity contribution in [3.63, 3.8) is 0 Å². The fourth-order valence-corrected chi connectivity index (χ4v) is 2.66. The van der Waals surface area contributed by atoms with Gasteiger partial charge < -0.3 is 10.5 Å². The zero-order valence-corrected chi connectivity index (χ0v) is 12.2. The van der Waals surface area contributed by atoms with Crippen molar-refractivity contribution in [3.8, 4) is 5.75 Å². The Labute approximate surface area is 117 Å². The van der Waals surface area contributed by atoms with Gasteiger partial charge in [0.05, 0.1) is 8.95 Å². The third kappa shape index (κ3) is 3.01. The quantitative estimate of drug-likeness (QED) is 0.828. The van der Waals surface area contributed by atoms with Crippen LogP contribution in [-0.4, -0.2) is 0 Å². The van der Waals surface area contributed by atoms with E-state index in [1.807, 2.05) is 42.5 Å². The second kappa shape index (κ2) is 5.56. The molecule has 0 unspecified atom stereocenters. The maximum atomic E-state index is 5.86. The Kier molecular flexibility index (Phi) is 4.07. The monoisotopic (exact) mass is 355 g/mol. The Balaban J connectivity index is 2.16. The molecule has 2 aromatic rings. The second-order valence-electron chi connectivity index (χ2n) is 3.54. The lowest BCUT2D eigenvalue weighted by atomic mass is 10.2. The second-order valence-corrected chi connectivity index (χ2v) is 5.25. The summed E-state index contributed by atoms with van der Waals surface area (Å²) in [5.74, 6) is 0.788. The molecule has 0 spiro atoms. The number of halogens is 2. The number of nitrogen functional groups attached to an aromatic ring is 1. The number of nitrogens with two attached hydrogens (primary N) is 1. The van der Waals surface area contributed by atoms with Crippen LogP contribution in [0, 0.1) is 0 Å². The standard InChI is InChI=1S/C13H11Br2NO/c14-10-5-3-6-11(15)13(10)17-8-9-4-1-2-7-12(9)16/h1-7H,8,16H2. The van der Waals surface area contributed by atoms with Crippen molar-refractivity contribution in [2.45, 2.75) is 6.61 Å². The molecule has 0 amide bonds. The Hall–Kier alpha value is -1.000. The predicted octanol–water partition coefficient (Wildman–Crippen LogP) is 4.37. The lowest BCUT2D eigenvalue weighted by molar-refractivity contribution is 0.303. The fourth-order valence-electron chi connectivity index (χ4n) is 1.44. The van der Waals surface area contributed by atoms with Crippen LogP contribution in [-0.2, 0) is 6.61 Å². The maximum absolute atomic E-state index is 5.86. The number of hydrogen-bond acceptors (Lipinski definition) is 2. The molecule has 2 rings (SSSR count). The molecule has 0 aliphatic heterocycles. The molecule has 0 bridgehead atoms. The molecule has 0 fully saturated rings. The SMILES string of the molecule is Nc1ccccc1COc1c(Br)cccc1Br. The van der Waals surface area contributed by atoms with Gasteiger partial charge in [0.2, 0.25) is 0 Å². The molecular formula is C13H11Br2NO. The highest BCUT2D eigenvalue weighted by Gasteiger charge is 2.06. The average molecular weight is 357 g/mol. The maximum Gasteiger partial charge on any atom is 0.148 e. The highest BCUT2D eigenvalue weighted by Crippen LogP contribution is 2.33. The van der Waals surface area contributed by atoms with E-state index in [4.69, 9.17) is 10.5 Å². The summed E-state index contributed by atoms with van der Waals surface area (Å²) in [6, 6.07) is 13.5. The van der Waals surface area contributed by atoms with Crippen LogP contribution in [0.15, 0.2) is 51.4 Å². The van der Waals surface area contributed by atoms with E-state index < -0.39 is 0 Å². The van der Waals surface area contributed by atoms with E-state index in [-0.39, 0.29) is 0 Å². The van der Waals surface area contributed by atoms with E-state index in [9.17, 15) is 0 Å². The summed E-state index contributed by atoms with van der Waals surface area (Å²) in [6.45, 7) is 0.452. The van der Waals surface area contributed by atoms with Gasteiger partial charge in [-0.05, 0) is 50.1 Å². The summed E-state index contributed by atoms with van der Waals surface area (Å²) in [5, 5.41) is 0. The number of rotatable bonds is 3. The first-order valence-corrected chi connectivity index (χ1v) is 6.67. The molecule has 17 heavy (non-hydrogen) atoms. The Morgan fingerprint density at radius 1 is 0.941 bits per heavy atom. The van der Waals surface area contributed by atoms with Gasteiger partial charge in [-0.1, -0.05) is 24.3 Å². The zero-order valence-electron chi connectivity index (χ0n) is 8.99. The van der Waals surface area contributed by atoms with Gasteiger partial charge in [0.25, 0.3) is 0 Å². The van der Waals surface area contributed by atoms with Crippen LogP contribution in [0.2, 0.25) is 0 Å². The number of ether oxygens (including phenoxy) is 1. The van der Waals surface area contributed by atoms with Crippen molar-refractivity contribution in [3.05, 3.63) is 57.0 Å². The molecular weight excluding hydrogens is 346 g/mol. The molecule has 0 aliphatic rings. The summed E-state index contributed by atoms with van der Waals surface area (Å²) >= 11 is 6.91. The first-order chi connectivity index (χ1) is 8.18. The average Bonchev–Trinajstić information content (AvgIpc) is 2.30. The van der Waals surface area contributed by atoms with E-state index in [1.54, 1.807) is 0 Å². The predicted molar refractivity (Wildman–Crippen MR) is 77.0 cm³/mol. The summed E-state index contributed by atoms with van der Waals surface area (Å²) in [5.41, 5.74) is 7.58. The van der Waals surface area contributed by atoms with Crippen molar-refractivity contribution in [2.75, 3.05) is 5.73 Å². The molecule has 0 saturated heterocycles. The molecule has 0 atom stereocenters. The largest absolute Gasteiger partial charge is 0.486 e. The molecule has 0 saturated carbocycles. The van der Waals surface area contributed by atoms with Gasteiger partial charge in [-0.2, -0.15) is 0 Å². The molecule has 4 heteroatoms. The van der Waals surface area contributed by atoms with Crippen LogP contribution in [0.4, 0.5) is 5.69 Å². The van der Waals surface area contributed by atoms with Crippen molar-refractivity contribution in [1.82, 2.24) is 0 Å². The summed E-state index contributed by atoms with van der Waals surface area (Å²) in [4.78, 5) is 0. The third-order valence-electron chi connectivity index (χ3n) is 2.35. The molecule has 2 N–H and O–H groups in total. The molecule has 0 aromatic heterocycles. The minimum atomic E-state index is 0.452. The summed E-state index contributed by atoms with van der Waals surface area (Å²) in [7, 11) is 0. The highest BCUT2D eigenvalue weighted by atomic mass is 79.9. The van der Waals surface area contributed by atoms with Crippen LogP contribution in [0.5, 0.6) is 5.75 Å². The molecule has 0 aliphatic carbocycles. The van der Waals surface area contributed by atoms with E-state index in [1.165, 1.54) is 0 Å². The molecule has 0 heterocycles. The van der Waals surface area contributed by atoms with E-state index >= 15 is 0 Å². The fraction of sp³-hybridized carbons (Fsp3) is 0.0769. The van der Waals surface area contributed by atoms with Crippen LogP contribution >= 0.6 is 31.9 Å². The van der Waals surface area contributed by atoms with Crippen LogP contribution in [0.25, 0.3) is 0 Å². The number of para-hydroxylation sites is 2. The van der Waals surface area contributed by atoms with Gasteiger partial charge in [0.1, 0.15) is 12.4 Å². The number of anilines is 1. The van der Waals surface area contributed by atoms with Gasteiger partial charge in [-0.15, -0.1) is 0 Å². The van der Waals surface area contributed by atoms with Crippen molar-refractivity contribution < 1.29 is 4.74 Å². The lowest BCUT2D eigenvalue weighted by Gasteiger charge is -2.11. The van der Waals surface area contributed by atoms with Gasteiger partial charge >= 0.3 is 0 Å². The van der Waals surface area contributed by atoms with Crippen molar-refractivity contribution in [1.29, 1.82) is 0 Å². The number of benzene rings is 2. The van der Waals surface area contributed by atoms with E-state index in [0.29, 0.717) is 6.61 Å². The van der Waals surface area contributed by atoms with E-state index in [0.717, 1.165) is 25.9 Å². The Morgan fingerprint density at radius 3 is 2.24 bits per heavy atom. The van der Waals surface area contributed by atoms with Gasteiger partial charge in [-0.25, -0.2) is 0 Å². The Morgan fingerprint density at radius 2 is 1.59 bits per heavy atom. The first kappa shape index (κ1) is 12.5. The Bertz CT molecular complexity index is 508. The molecule has 2 nitrogen and oxygen atoms in total. The third-order valence-corrected chi connectivity index (χ3v) is 3.59. The van der Waals surface area contributed by atoms with Crippen LogP contribution < -0.4 is 10.5 Å². The van der Waals surface area contributed by atoms with E-state index in [2.05, 4.69) is 31.9 Å². The first-order valence-electron chi connectivity index (χ1n) is 5.08. The zero-order chi connectivity index (χ0) is 12.3. The van der Waals surface area contributed by atoms with Gasteiger partial charge in [0, 0.05) is 11.3 Å². The topological polar surface area (TPSA) is 35.2 Å². The lowest BCUT2D eigenvalue weighted by Crippen LogP contribution is -2.00. The summed E-state index contributed by atoms with van der Waals surface area (Å²) < 4.78 is 7.60. The van der Waals surface area contributed by atoms with Crippen molar-refractivity contribution >= 4 is 37.5 Å². The smallest absolute Gasteiger partial charge is 0.148 e. The molecule has 2 aromatic carbocycles. The summed E-state index contributed by atoms with van der Waals surface area (Å²) in [6.07, 6.45) is 0. The minimum Gasteiger partial charge on any atom is -0.486 e. The van der Waals surface area contributed by atoms with Gasteiger partial charge in [-0.3, -0.25) is 0 Å². The molecule has 88 valence electrons. The van der Waals surface area contributed by atoms with Crippen molar-refractivity contribution in [2.24, 2.45) is 0 Å². The number of hydrogen-bond donors (Lipinski definition) is 1.